The van der Waals surface area contributed by atoms with Gasteiger partial charge in [-0.2, -0.15) is 0 Å². The number of carbonyl (C=O) groups is 1. The van der Waals surface area contributed by atoms with Gasteiger partial charge in [-0.1, -0.05) is 45.4 Å². The Morgan fingerprint density at radius 1 is 1.50 bits per heavy atom. The molecule has 1 heteroatoms. The minimum Gasteiger partial charge on any atom is -0.295 e. The summed E-state index contributed by atoms with van der Waals surface area (Å²) >= 11 is 0. The molecule has 0 saturated heterocycles. The smallest absolute Gasteiger partial charge is 0.155 e. The summed E-state index contributed by atoms with van der Waals surface area (Å²) in [6.45, 7) is 11.1. The van der Waals surface area contributed by atoms with Crippen LogP contribution in [0.4, 0.5) is 0 Å². The predicted octanol–water partition coefficient (Wildman–Crippen LogP) is 4.93. The Labute approximate surface area is 112 Å². The van der Waals surface area contributed by atoms with Crippen LogP contribution in [0.3, 0.4) is 0 Å². The Morgan fingerprint density at radius 3 is 2.72 bits per heavy atom. The summed E-state index contributed by atoms with van der Waals surface area (Å²) in [7, 11) is 0. The molecule has 0 N–H and O–H groups in total. The highest BCUT2D eigenvalue weighted by atomic mass is 16.1. The van der Waals surface area contributed by atoms with E-state index in [1.165, 1.54) is 18.4 Å². The molecule has 102 valence electrons. The van der Waals surface area contributed by atoms with E-state index in [1.54, 1.807) is 0 Å². The molecule has 0 bridgehead atoms. The van der Waals surface area contributed by atoms with Crippen LogP contribution in [0.1, 0.15) is 60.3 Å². The molecule has 1 rings (SSSR count). The molecule has 18 heavy (non-hydrogen) atoms. The van der Waals surface area contributed by atoms with Crippen molar-refractivity contribution >= 4 is 5.78 Å². The lowest BCUT2D eigenvalue weighted by atomic mass is 9.68. The zero-order valence-corrected chi connectivity index (χ0v) is 12.6. The highest BCUT2D eigenvalue weighted by Crippen LogP contribution is 2.41. The van der Waals surface area contributed by atoms with Crippen LogP contribution in [0.5, 0.6) is 0 Å². The molecule has 1 nitrogen and oxygen atoms in total. The molecule has 0 saturated carbocycles. The van der Waals surface area contributed by atoms with Gasteiger partial charge in [-0.3, -0.25) is 4.79 Å². The van der Waals surface area contributed by atoms with Gasteiger partial charge in [-0.15, -0.1) is 0 Å². The van der Waals surface area contributed by atoms with Gasteiger partial charge in [0.15, 0.2) is 5.78 Å². The number of carbonyl (C=O) groups excluding carboxylic acids is 1. The average Bonchev–Trinajstić information content (AvgIpc) is 2.24. The molecular weight excluding hydrogens is 220 g/mol. The van der Waals surface area contributed by atoms with Gasteiger partial charge in [-0.05, 0) is 43.6 Å². The van der Waals surface area contributed by atoms with Crippen molar-refractivity contribution in [2.24, 2.45) is 17.3 Å². The fourth-order valence-electron chi connectivity index (χ4n) is 2.70. The van der Waals surface area contributed by atoms with Gasteiger partial charge in [0, 0.05) is 12.3 Å². The highest BCUT2D eigenvalue weighted by Gasteiger charge is 2.30. The number of rotatable bonds is 5. The quantitative estimate of drug-likeness (QED) is 0.498. The summed E-state index contributed by atoms with van der Waals surface area (Å²) in [5, 5.41) is 0. The molecule has 0 aromatic carbocycles. The second kappa shape index (κ2) is 6.36. The van der Waals surface area contributed by atoms with E-state index >= 15 is 0 Å². The molecule has 0 aromatic rings. The van der Waals surface area contributed by atoms with Gasteiger partial charge in [0.2, 0.25) is 0 Å². The molecule has 0 fully saturated rings. The van der Waals surface area contributed by atoms with Gasteiger partial charge in [0.1, 0.15) is 0 Å². The Bertz CT molecular complexity index is 345. The van der Waals surface area contributed by atoms with Crippen LogP contribution in [0.25, 0.3) is 0 Å². The third kappa shape index (κ3) is 4.44. The van der Waals surface area contributed by atoms with Crippen LogP contribution >= 0.6 is 0 Å². The summed E-state index contributed by atoms with van der Waals surface area (Å²) in [4.78, 5) is 11.8. The monoisotopic (exact) mass is 248 g/mol. The Hall–Kier alpha value is -0.850. The summed E-state index contributed by atoms with van der Waals surface area (Å²) in [6, 6.07) is 0. The number of hydrogen-bond donors (Lipinski definition) is 0. The maximum Gasteiger partial charge on any atom is 0.155 e. The minimum atomic E-state index is 0.276. The number of ketones is 1. The standard InChI is InChI=1S/C17H28O/c1-13(2)8-9-15(18)10-11-16-14(3)7-6-12-17(16,4)5/h7,10-11,13,16H,6,8-9,12H2,1-5H3. The van der Waals surface area contributed by atoms with Crippen molar-refractivity contribution in [3.8, 4) is 0 Å². The molecule has 0 heterocycles. The third-order valence-electron chi connectivity index (χ3n) is 4.03. The first-order chi connectivity index (χ1) is 8.33. The van der Waals surface area contributed by atoms with Crippen molar-refractivity contribution in [3.05, 3.63) is 23.8 Å². The van der Waals surface area contributed by atoms with Gasteiger partial charge < -0.3 is 0 Å². The van der Waals surface area contributed by atoms with Crippen LogP contribution < -0.4 is 0 Å². The van der Waals surface area contributed by atoms with Crippen LogP contribution in [-0.2, 0) is 4.79 Å². The van der Waals surface area contributed by atoms with E-state index in [0.717, 1.165) is 6.42 Å². The summed E-state index contributed by atoms with van der Waals surface area (Å²) in [5.41, 5.74) is 1.70. The lowest BCUT2D eigenvalue weighted by Crippen LogP contribution is -2.26. The minimum absolute atomic E-state index is 0.276. The second-order valence-corrected chi connectivity index (χ2v) is 6.71. The molecular formula is C17H28O. The van der Waals surface area contributed by atoms with Crippen LogP contribution in [0, 0.1) is 17.3 Å². The van der Waals surface area contributed by atoms with Crippen molar-refractivity contribution in [3.63, 3.8) is 0 Å². The lowest BCUT2D eigenvalue weighted by molar-refractivity contribution is -0.114. The lowest BCUT2D eigenvalue weighted by Gasteiger charge is -2.36. The second-order valence-electron chi connectivity index (χ2n) is 6.71. The maximum atomic E-state index is 11.8. The molecule has 0 aromatic heterocycles. The summed E-state index contributed by atoms with van der Waals surface area (Å²) < 4.78 is 0. The van der Waals surface area contributed by atoms with E-state index in [-0.39, 0.29) is 11.2 Å². The van der Waals surface area contributed by atoms with Crippen molar-refractivity contribution in [2.45, 2.75) is 60.3 Å². The van der Waals surface area contributed by atoms with Crippen LogP contribution in [0.15, 0.2) is 23.8 Å². The van der Waals surface area contributed by atoms with E-state index in [2.05, 4.69) is 46.8 Å². The molecule has 0 radical (unpaired) electrons. The normalized spacial score (nSPS) is 23.4. The molecule has 1 aliphatic carbocycles. The largest absolute Gasteiger partial charge is 0.295 e. The van der Waals surface area contributed by atoms with Crippen molar-refractivity contribution < 1.29 is 4.79 Å². The highest BCUT2D eigenvalue weighted by molar-refractivity contribution is 5.89. The van der Waals surface area contributed by atoms with E-state index in [0.29, 0.717) is 18.3 Å². The van der Waals surface area contributed by atoms with Crippen molar-refractivity contribution in [2.75, 3.05) is 0 Å². The van der Waals surface area contributed by atoms with E-state index in [9.17, 15) is 4.79 Å². The zero-order chi connectivity index (χ0) is 13.8. The van der Waals surface area contributed by atoms with Crippen LogP contribution in [-0.4, -0.2) is 5.78 Å². The van der Waals surface area contributed by atoms with Gasteiger partial charge in [0.25, 0.3) is 0 Å². The fourth-order valence-corrected chi connectivity index (χ4v) is 2.70. The summed E-state index contributed by atoms with van der Waals surface area (Å²) in [5.74, 6) is 1.31. The van der Waals surface area contributed by atoms with E-state index in [1.807, 2.05) is 6.08 Å². The average molecular weight is 248 g/mol. The van der Waals surface area contributed by atoms with E-state index in [4.69, 9.17) is 0 Å². The van der Waals surface area contributed by atoms with E-state index < -0.39 is 0 Å². The first kappa shape index (κ1) is 15.2. The zero-order valence-electron chi connectivity index (χ0n) is 12.6. The third-order valence-corrected chi connectivity index (χ3v) is 4.03. The fraction of sp³-hybridized carbons (Fsp3) is 0.706. The molecule has 0 spiro atoms. The molecule has 1 atom stereocenters. The SMILES string of the molecule is CC1=CCCC(C)(C)C1C=CC(=O)CCC(C)C. The Balaban J connectivity index is 2.61. The van der Waals surface area contributed by atoms with Gasteiger partial charge in [0.05, 0.1) is 0 Å². The number of allylic oxidation sites excluding steroid dienone is 4. The molecule has 1 unspecified atom stereocenters. The van der Waals surface area contributed by atoms with Crippen molar-refractivity contribution in [1.29, 1.82) is 0 Å². The summed E-state index contributed by atoms with van der Waals surface area (Å²) in [6.07, 6.45) is 10.3. The molecule has 1 aliphatic rings. The first-order valence-corrected chi connectivity index (χ1v) is 7.20. The Morgan fingerprint density at radius 2 is 2.17 bits per heavy atom. The van der Waals surface area contributed by atoms with Crippen LogP contribution in [0.2, 0.25) is 0 Å². The Kier molecular flexibility index (Phi) is 5.37. The first-order valence-electron chi connectivity index (χ1n) is 7.20. The van der Waals surface area contributed by atoms with Gasteiger partial charge in [-0.25, -0.2) is 0 Å². The van der Waals surface area contributed by atoms with Crippen molar-refractivity contribution in [1.82, 2.24) is 0 Å². The number of hydrogen-bond acceptors (Lipinski definition) is 1. The predicted molar refractivity (Wildman–Crippen MR) is 78.5 cm³/mol. The van der Waals surface area contributed by atoms with Gasteiger partial charge >= 0.3 is 0 Å². The maximum absolute atomic E-state index is 11.8. The molecule has 0 amide bonds. The topological polar surface area (TPSA) is 17.1 Å². The molecule has 0 aliphatic heterocycles.